The lowest BCUT2D eigenvalue weighted by Gasteiger charge is -2.06. The van der Waals surface area contributed by atoms with E-state index < -0.39 is 0 Å². The van der Waals surface area contributed by atoms with Crippen LogP contribution in [0, 0.1) is 6.92 Å². The van der Waals surface area contributed by atoms with Gasteiger partial charge in [0, 0.05) is 10.7 Å². The van der Waals surface area contributed by atoms with Crippen molar-refractivity contribution >= 4 is 29.2 Å². The highest BCUT2D eigenvalue weighted by Gasteiger charge is 2.04. The van der Waals surface area contributed by atoms with Gasteiger partial charge < -0.3 is 11.1 Å². The molecule has 0 unspecified atom stereocenters. The highest BCUT2D eigenvalue weighted by atomic mass is 35.5. The molecule has 15 heavy (non-hydrogen) atoms. The Morgan fingerprint density at radius 2 is 2.27 bits per heavy atom. The smallest absolute Gasteiger partial charge is 0.248 e. The number of rotatable bonds is 2. The first-order valence-electron chi connectivity index (χ1n) is 4.37. The first-order valence-corrected chi connectivity index (χ1v) is 4.74. The van der Waals surface area contributed by atoms with Crippen LogP contribution in [0.5, 0.6) is 0 Å². The molecule has 0 aliphatic rings. The Bertz CT molecular complexity index is 479. The lowest BCUT2D eigenvalue weighted by molar-refractivity contribution is 1.10. The molecule has 0 amide bonds. The van der Waals surface area contributed by atoms with Gasteiger partial charge in [0.05, 0.1) is 0 Å². The molecule has 4 N–H and O–H groups in total. The van der Waals surface area contributed by atoms with Crippen LogP contribution >= 0.6 is 11.6 Å². The second kappa shape index (κ2) is 3.78. The van der Waals surface area contributed by atoms with Crippen LogP contribution in [-0.2, 0) is 0 Å². The van der Waals surface area contributed by atoms with Gasteiger partial charge in [-0.3, -0.25) is 0 Å². The van der Waals surface area contributed by atoms with Crippen molar-refractivity contribution in [2.75, 3.05) is 11.1 Å². The van der Waals surface area contributed by atoms with Crippen LogP contribution in [0.25, 0.3) is 0 Å². The number of aromatic nitrogens is 3. The maximum atomic E-state index is 5.97. The van der Waals surface area contributed by atoms with Crippen LogP contribution in [0.4, 0.5) is 17.6 Å². The molecule has 0 radical (unpaired) electrons. The zero-order valence-corrected chi connectivity index (χ0v) is 8.84. The summed E-state index contributed by atoms with van der Waals surface area (Å²) in [4.78, 5) is 3.93. The molecule has 6 heteroatoms. The van der Waals surface area contributed by atoms with E-state index in [-0.39, 0.29) is 5.95 Å². The number of nitrogens with zero attached hydrogens (tertiary/aromatic N) is 2. The number of aromatic amines is 1. The van der Waals surface area contributed by atoms with E-state index in [4.69, 9.17) is 17.3 Å². The quantitative estimate of drug-likeness (QED) is 0.728. The van der Waals surface area contributed by atoms with E-state index in [0.29, 0.717) is 11.0 Å². The second-order valence-corrected chi connectivity index (χ2v) is 3.49. The molecule has 0 bridgehead atoms. The molecule has 5 nitrogen and oxygen atoms in total. The summed E-state index contributed by atoms with van der Waals surface area (Å²) < 4.78 is 0. The van der Waals surface area contributed by atoms with Gasteiger partial charge in [-0.2, -0.15) is 4.98 Å². The molecule has 0 atom stereocenters. The Hall–Kier alpha value is -1.75. The molecule has 0 fully saturated rings. The van der Waals surface area contributed by atoms with Gasteiger partial charge in [-0.25, -0.2) is 5.10 Å². The van der Waals surface area contributed by atoms with Gasteiger partial charge in [0.25, 0.3) is 0 Å². The first-order chi connectivity index (χ1) is 7.16. The summed E-state index contributed by atoms with van der Waals surface area (Å²) >= 11 is 5.97. The van der Waals surface area contributed by atoms with Gasteiger partial charge in [0.2, 0.25) is 11.9 Å². The lowest BCUT2D eigenvalue weighted by atomic mass is 10.2. The normalized spacial score (nSPS) is 10.3. The summed E-state index contributed by atoms with van der Waals surface area (Å²) in [5.74, 6) is 0.704. The third-order valence-electron chi connectivity index (χ3n) is 2.02. The zero-order chi connectivity index (χ0) is 10.8. The van der Waals surface area contributed by atoms with Crippen molar-refractivity contribution in [3.05, 3.63) is 28.8 Å². The van der Waals surface area contributed by atoms with Gasteiger partial charge in [-0.05, 0) is 24.6 Å². The summed E-state index contributed by atoms with van der Waals surface area (Å²) in [6.45, 7) is 1.92. The molecule has 0 spiro atoms. The average Bonchev–Trinajstić information content (AvgIpc) is 2.59. The van der Waals surface area contributed by atoms with E-state index in [1.165, 1.54) is 0 Å². The van der Waals surface area contributed by atoms with Crippen LogP contribution in [-0.4, -0.2) is 15.2 Å². The average molecular weight is 224 g/mol. The Morgan fingerprint density at radius 3 is 2.93 bits per heavy atom. The van der Waals surface area contributed by atoms with Crippen LogP contribution in [0.2, 0.25) is 5.02 Å². The summed E-state index contributed by atoms with van der Waals surface area (Å²) in [5, 5.41) is 10.1. The predicted molar refractivity (Wildman–Crippen MR) is 60.3 cm³/mol. The van der Waals surface area contributed by atoms with E-state index in [0.717, 1.165) is 11.3 Å². The second-order valence-electron chi connectivity index (χ2n) is 3.08. The monoisotopic (exact) mass is 223 g/mol. The third-order valence-corrected chi connectivity index (χ3v) is 2.43. The number of hydrogen-bond donors (Lipinski definition) is 3. The van der Waals surface area contributed by atoms with Crippen LogP contribution in [0.3, 0.4) is 0 Å². The first kappa shape index (κ1) is 9.79. The Kier molecular flexibility index (Phi) is 2.47. The minimum absolute atomic E-state index is 0.275. The van der Waals surface area contributed by atoms with Crippen LogP contribution in [0.1, 0.15) is 5.56 Å². The third kappa shape index (κ3) is 2.02. The Labute approximate surface area is 91.7 Å². The largest absolute Gasteiger partial charge is 0.368 e. The molecular weight excluding hydrogens is 214 g/mol. The fourth-order valence-corrected chi connectivity index (χ4v) is 1.37. The van der Waals surface area contributed by atoms with Crippen molar-refractivity contribution in [2.45, 2.75) is 6.92 Å². The fourth-order valence-electron chi connectivity index (χ4n) is 1.19. The molecule has 1 heterocycles. The van der Waals surface area contributed by atoms with Crippen LogP contribution < -0.4 is 11.1 Å². The SMILES string of the molecule is Cc1c(Cl)cccc1Nc1n[nH]c(N)n1. The van der Waals surface area contributed by atoms with E-state index in [1.807, 2.05) is 25.1 Å². The molecule has 0 saturated heterocycles. The molecule has 78 valence electrons. The van der Waals surface area contributed by atoms with Crippen molar-refractivity contribution in [1.82, 2.24) is 15.2 Å². The van der Waals surface area contributed by atoms with Crippen molar-refractivity contribution in [2.24, 2.45) is 0 Å². The van der Waals surface area contributed by atoms with E-state index in [1.54, 1.807) is 0 Å². The molecule has 1 aromatic heterocycles. The Morgan fingerprint density at radius 1 is 1.47 bits per heavy atom. The summed E-state index contributed by atoms with van der Waals surface area (Å²) in [5.41, 5.74) is 7.21. The van der Waals surface area contributed by atoms with E-state index in [9.17, 15) is 0 Å². The molecular formula is C9H10ClN5. The number of anilines is 3. The highest BCUT2D eigenvalue weighted by molar-refractivity contribution is 6.31. The number of benzene rings is 1. The minimum atomic E-state index is 0.275. The maximum Gasteiger partial charge on any atom is 0.248 e. The Balaban J connectivity index is 2.28. The lowest BCUT2D eigenvalue weighted by Crippen LogP contribution is -1.95. The molecule has 0 aliphatic carbocycles. The summed E-state index contributed by atoms with van der Waals surface area (Å²) in [6.07, 6.45) is 0. The van der Waals surface area contributed by atoms with E-state index >= 15 is 0 Å². The molecule has 1 aromatic carbocycles. The molecule has 2 aromatic rings. The van der Waals surface area contributed by atoms with Crippen LogP contribution in [0.15, 0.2) is 18.2 Å². The van der Waals surface area contributed by atoms with Gasteiger partial charge in [-0.15, -0.1) is 5.10 Å². The summed E-state index contributed by atoms with van der Waals surface area (Å²) in [6, 6.07) is 5.58. The highest BCUT2D eigenvalue weighted by Crippen LogP contribution is 2.24. The zero-order valence-electron chi connectivity index (χ0n) is 8.08. The number of halogens is 1. The number of hydrogen-bond acceptors (Lipinski definition) is 4. The van der Waals surface area contributed by atoms with E-state index in [2.05, 4.69) is 20.5 Å². The topological polar surface area (TPSA) is 79.6 Å². The molecule has 0 aliphatic heterocycles. The predicted octanol–water partition coefficient (Wildman–Crippen LogP) is 2.09. The number of H-pyrrole nitrogens is 1. The minimum Gasteiger partial charge on any atom is -0.368 e. The van der Waals surface area contributed by atoms with Gasteiger partial charge >= 0.3 is 0 Å². The van der Waals surface area contributed by atoms with Gasteiger partial charge in [0.15, 0.2) is 0 Å². The van der Waals surface area contributed by atoms with Crippen molar-refractivity contribution in [3.8, 4) is 0 Å². The fraction of sp³-hybridized carbons (Fsp3) is 0.111. The van der Waals surface area contributed by atoms with Crippen molar-refractivity contribution in [3.63, 3.8) is 0 Å². The van der Waals surface area contributed by atoms with Crippen molar-refractivity contribution in [1.29, 1.82) is 0 Å². The number of nitrogens with one attached hydrogen (secondary N) is 2. The number of nitrogens with two attached hydrogens (primary N) is 1. The number of nitrogen functional groups attached to an aromatic ring is 1. The van der Waals surface area contributed by atoms with Gasteiger partial charge in [-0.1, -0.05) is 17.7 Å². The maximum absolute atomic E-state index is 5.97. The summed E-state index contributed by atoms with van der Waals surface area (Å²) in [7, 11) is 0. The van der Waals surface area contributed by atoms with Crippen molar-refractivity contribution < 1.29 is 0 Å². The molecule has 0 saturated carbocycles. The van der Waals surface area contributed by atoms with Gasteiger partial charge in [0.1, 0.15) is 0 Å². The molecule has 2 rings (SSSR count). The standard InChI is InChI=1S/C9H10ClN5/c1-5-6(10)3-2-4-7(5)12-9-13-8(11)14-15-9/h2-4H,1H3,(H4,11,12,13,14,15).